The SMILES string of the molecule is Cc1[nH]c2c(N(C(=O)c3cc(Cl)nc(Cl)c3)C3CCN(Cc4ccccc4)CC3)cccc2c1C. The molecule has 0 saturated carbocycles. The molecule has 0 radical (unpaired) electrons. The molecular formula is C28H28Cl2N4O. The van der Waals surface area contributed by atoms with Gasteiger partial charge in [0.2, 0.25) is 0 Å². The molecule has 1 N–H and O–H groups in total. The Morgan fingerprint density at radius 2 is 1.71 bits per heavy atom. The quantitative estimate of drug-likeness (QED) is 0.303. The Balaban J connectivity index is 1.49. The number of H-pyrrole nitrogens is 1. The van der Waals surface area contributed by atoms with Crippen molar-refractivity contribution in [1.29, 1.82) is 0 Å². The second-order valence-corrected chi connectivity index (χ2v) is 10.0. The van der Waals surface area contributed by atoms with Gasteiger partial charge in [-0.05, 0) is 56.0 Å². The molecule has 1 saturated heterocycles. The molecule has 2 aromatic heterocycles. The first-order valence-corrected chi connectivity index (χ1v) is 12.7. The third kappa shape index (κ3) is 4.94. The fourth-order valence-electron chi connectivity index (χ4n) is 5.04. The van der Waals surface area contributed by atoms with Gasteiger partial charge in [-0.15, -0.1) is 0 Å². The lowest BCUT2D eigenvalue weighted by Gasteiger charge is -2.39. The Bertz CT molecular complexity index is 1340. The number of rotatable bonds is 5. The molecule has 3 heterocycles. The lowest BCUT2D eigenvalue weighted by molar-refractivity contribution is 0.0959. The number of carbonyl (C=O) groups excluding carboxylic acids is 1. The van der Waals surface area contributed by atoms with Gasteiger partial charge in [-0.25, -0.2) is 4.98 Å². The highest BCUT2D eigenvalue weighted by atomic mass is 35.5. The van der Waals surface area contributed by atoms with Gasteiger partial charge in [0.15, 0.2) is 0 Å². The molecule has 5 nitrogen and oxygen atoms in total. The van der Waals surface area contributed by atoms with E-state index in [1.165, 1.54) is 11.1 Å². The predicted molar refractivity (Wildman–Crippen MR) is 144 cm³/mol. The predicted octanol–water partition coefficient (Wildman–Crippen LogP) is 6.80. The number of benzene rings is 2. The van der Waals surface area contributed by atoms with Crippen LogP contribution in [0.1, 0.15) is 40.0 Å². The molecule has 180 valence electrons. The van der Waals surface area contributed by atoms with Crippen molar-refractivity contribution in [2.75, 3.05) is 18.0 Å². The van der Waals surface area contributed by atoms with Gasteiger partial charge in [0, 0.05) is 42.3 Å². The maximum atomic E-state index is 14.0. The summed E-state index contributed by atoms with van der Waals surface area (Å²) in [6.45, 7) is 6.92. The van der Waals surface area contributed by atoms with Crippen molar-refractivity contribution < 1.29 is 4.79 Å². The average molecular weight is 507 g/mol. The van der Waals surface area contributed by atoms with Gasteiger partial charge in [0.1, 0.15) is 10.3 Å². The third-order valence-corrected chi connectivity index (χ3v) is 7.37. The number of carbonyl (C=O) groups is 1. The van der Waals surface area contributed by atoms with Crippen LogP contribution < -0.4 is 4.90 Å². The first kappa shape index (κ1) is 23.9. The number of hydrogen-bond acceptors (Lipinski definition) is 3. The summed E-state index contributed by atoms with van der Waals surface area (Å²) >= 11 is 12.3. The van der Waals surface area contributed by atoms with E-state index in [4.69, 9.17) is 23.2 Å². The number of amides is 1. The van der Waals surface area contributed by atoms with Crippen molar-refractivity contribution in [2.45, 2.75) is 39.3 Å². The van der Waals surface area contributed by atoms with Crippen molar-refractivity contribution in [2.24, 2.45) is 0 Å². The maximum Gasteiger partial charge on any atom is 0.258 e. The molecule has 35 heavy (non-hydrogen) atoms. The van der Waals surface area contributed by atoms with E-state index in [1.807, 2.05) is 23.1 Å². The summed E-state index contributed by atoms with van der Waals surface area (Å²) in [7, 11) is 0. The molecule has 1 amide bonds. The van der Waals surface area contributed by atoms with Crippen LogP contribution in [-0.2, 0) is 6.54 Å². The van der Waals surface area contributed by atoms with E-state index >= 15 is 0 Å². The van der Waals surface area contributed by atoms with E-state index in [2.05, 4.69) is 59.0 Å². The molecule has 0 unspecified atom stereocenters. The molecule has 4 aromatic rings. The highest BCUT2D eigenvalue weighted by Gasteiger charge is 2.32. The number of halogens is 2. The zero-order valence-corrected chi connectivity index (χ0v) is 21.4. The smallest absolute Gasteiger partial charge is 0.258 e. The van der Waals surface area contributed by atoms with Crippen LogP contribution in [0.15, 0.2) is 60.7 Å². The average Bonchev–Trinajstić information content (AvgIpc) is 3.14. The topological polar surface area (TPSA) is 52.2 Å². The number of nitrogens with zero attached hydrogens (tertiary/aromatic N) is 3. The number of pyridine rings is 1. The zero-order valence-electron chi connectivity index (χ0n) is 19.9. The molecule has 2 aromatic carbocycles. The van der Waals surface area contributed by atoms with E-state index in [-0.39, 0.29) is 22.3 Å². The van der Waals surface area contributed by atoms with Gasteiger partial charge in [-0.2, -0.15) is 0 Å². The molecule has 0 atom stereocenters. The van der Waals surface area contributed by atoms with Gasteiger partial charge in [-0.3, -0.25) is 9.69 Å². The molecule has 5 rings (SSSR count). The minimum atomic E-state index is -0.116. The summed E-state index contributed by atoms with van der Waals surface area (Å²) < 4.78 is 0. The number of para-hydroxylation sites is 1. The largest absolute Gasteiger partial charge is 0.357 e. The van der Waals surface area contributed by atoms with E-state index in [1.54, 1.807) is 12.1 Å². The number of nitrogens with one attached hydrogen (secondary N) is 1. The highest BCUT2D eigenvalue weighted by Crippen LogP contribution is 2.34. The van der Waals surface area contributed by atoms with Crippen LogP contribution >= 0.6 is 23.2 Å². The number of anilines is 1. The van der Waals surface area contributed by atoms with Gasteiger partial charge in [0.25, 0.3) is 5.91 Å². The summed E-state index contributed by atoms with van der Waals surface area (Å²) in [4.78, 5) is 26.0. The lowest BCUT2D eigenvalue weighted by atomic mass is 9.99. The Labute approximate surface area is 215 Å². The molecule has 0 bridgehead atoms. The highest BCUT2D eigenvalue weighted by molar-refractivity contribution is 6.33. The van der Waals surface area contributed by atoms with Crippen molar-refractivity contribution in [3.63, 3.8) is 0 Å². The number of likely N-dealkylation sites (tertiary alicyclic amines) is 1. The number of hydrogen-bond donors (Lipinski definition) is 1. The minimum Gasteiger partial charge on any atom is -0.357 e. The molecule has 1 aliphatic rings. The van der Waals surface area contributed by atoms with Crippen molar-refractivity contribution in [3.05, 3.63) is 93.4 Å². The number of piperidine rings is 1. The molecule has 0 aliphatic carbocycles. The summed E-state index contributed by atoms with van der Waals surface area (Å²) in [5, 5.41) is 1.55. The first-order valence-electron chi connectivity index (χ1n) is 11.9. The number of aryl methyl sites for hydroxylation is 2. The van der Waals surface area contributed by atoms with Crippen LogP contribution in [0.5, 0.6) is 0 Å². The summed E-state index contributed by atoms with van der Waals surface area (Å²) in [5.74, 6) is -0.116. The van der Waals surface area contributed by atoms with Crippen molar-refractivity contribution >= 4 is 45.7 Å². The summed E-state index contributed by atoms with van der Waals surface area (Å²) in [6.07, 6.45) is 1.75. The fraction of sp³-hybridized carbons (Fsp3) is 0.286. The molecule has 7 heteroatoms. The van der Waals surface area contributed by atoms with E-state index in [9.17, 15) is 4.79 Å². The van der Waals surface area contributed by atoms with Crippen molar-refractivity contribution in [1.82, 2.24) is 14.9 Å². The Kier molecular flexibility index (Phi) is 6.83. The van der Waals surface area contributed by atoms with Gasteiger partial charge in [-0.1, -0.05) is 65.7 Å². The van der Waals surface area contributed by atoms with Crippen LogP contribution in [0.2, 0.25) is 10.3 Å². The van der Waals surface area contributed by atoms with E-state index in [0.29, 0.717) is 5.56 Å². The van der Waals surface area contributed by atoms with Gasteiger partial charge in [0.05, 0.1) is 11.2 Å². The first-order chi connectivity index (χ1) is 16.9. The van der Waals surface area contributed by atoms with Crippen LogP contribution in [0.4, 0.5) is 5.69 Å². The Morgan fingerprint density at radius 3 is 2.40 bits per heavy atom. The van der Waals surface area contributed by atoms with Crippen LogP contribution in [0.3, 0.4) is 0 Å². The normalized spacial score (nSPS) is 15.0. The monoisotopic (exact) mass is 506 g/mol. The Morgan fingerprint density at radius 1 is 1.03 bits per heavy atom. The maximum absolute atomic E-state index is 14.0. The molecular weight excluding hydrogens is 479 g/mol. The van der Waals surface area contributed by atoms with Gasteiger partial charge < -0.3 is 9.88 Å². The third-order valence-electron chi connectivity index (χ3n) is 6.98. The standard InChI is InChI=1S/C28H28Cl2N4O/c1-18-19(2)31-27-23(18)9-6-10-24(27)34(28(35)21-15-25(29)32-26(30)16-21)22-11-13-33(14-12-22)17-20-7-4-3-5-8-20/h3-10,15-16,22,31H,11-14,17H2,1-2H3. The summed E-state index contributed by atoms with van der Waals surface area (Å²) in [6, 6.07) is 19.9. The van der Waals surface area contributed by atoms with Gasteiger partial charge >= 0.3 is 0 Å². The molecule has 1 aliphatic heterocycles. The van der Waals surface area contributed by atoms with E-state index < -0.39 is 0 Å². The zero-order chi connectivity index (χ0) is 24.5. The van der Waals surface area contributed by atoms with E-state index in [0.717, 1.165) is 54.8 Å². The van der Waals surface area contributed by atoms with Crippen LogP contribution in [0, 0.1) is 13.8 Å². The fourth-order valence-corrected chi connectivity index (χ4v) is 5.51. The Hall–Kier alpha value is -2.86. The minimum absolute atomic E-state index is 0.0507. The number of aromatic amines is 1. The van der Waals surface area contributed by atoms with Crippen LogP contribution in [-0.4, -0.2) is 39.9 Å². The van der Waals surface area contributed by atoms with Crippen molar-refractivity contribution in [3.8, 4) is 0 Å². The summed E-state index contributed by atoms with van der Waals surface area (Å²) in [5.41, 5.74) is 5.92. The lowest BCUT2D eigenvalue weighted by Crippen LogP contribution is -2.47. The number of fused-ring (bicyclic) bond motifs is 1. The second kappa shape index (κ2) is 10.0. The second-order valence-electron chi connectivity index (χ2n) is 9.24. The van der Waals surface area contributed by atoms with Crippen LogP contribution in [0.25, 0.3) is 10.9 Å². The number of aromatic nitrogens is 2. The molecule has 0 spiro atoms. The molecule has 1 fully saturated rings.